The molecule has 3 nitrogen and oxygen atoms in total. The standard InChI is InChI=1S/C19H21NO2/c1-2-14-7-4-6-10-18(14)22-13-19(21)20-17-12-11-15-8-3-5-9-16(15)17/h3-10,17H,2,11-13H2,1H3,(H,20,21). The highest BCUT2D eigenvalue weighted by molar-refractivity contribution is 5.78. The maximum absolute atomic E-state index is 12.1. The molecule has 1 aliphatic carbocycles. The second-order valence-corrected chi connectivity index (χ2v) is 5.61. The zero-order chi connectivity index (χ0) is 15.4. The first-order chi connectivity index (χ1) is 10.8. The van der Waals surface area contributed by atoms with Gasteiger partial charge in [-0.25, -0.2) is 0 Å². The summed E-state index contributed by atoms with van der Waals surface area (Å²) < 4.78 is 5.68. The van der Waals surface area contributed by atoms with Gasteiger partial charge in [0.1, 0.15) is 5.75 Å². The van der Waals surface area contributed by atoms with Gasteiger partial charge in [0.05, 0.1) is 6.04 Å². The van der Waals surface area contributed by atoms with E-state index in [4.69, 9.17) is 4.74 Å². The van der Waals surface area contributed by atoms with Crippen molar-refractivity contribution in [1.82, 2.24) is 5.32 Å². The Bertz CT molecular complexity index is 666. The van der Waals surface area contributed by atoms with Gasteiger partial charge in [0.2, 0.25) is 0 Å². The number of benzene rings is 2. The summed E-state index contributed by atoms with van der Waals surface area (Å²) in [7, 11) is 0. The van der Waals surface area contributed by atoms with E-state index >= 15 is 0 Å². The van der Waals surface area contributed by atoms with Gasteiger partial charge in [0.15, 0.2) is 6.61 Å². The number of hydrogen-bond donors (Lipinski definition) is 1. The fourth-order valence-corrected chi connectivity index (χ4v) is 3.02. The highest BCUT2D eigenvalue weighted by atomic mass is 16.5. The van der Waals surface area contributed by atoms with Gasteiger partial charge < -0.3 is 10.1 Å². The minimum atomic E-state index is -0.0624. The maximum Gasteiger partial charge on any atom is 0.258 e. The van der Waals surface area contributed by atoms with Gasteiger partial charge in [-0.3, -0.25) is 4.79 Å². The lowest BCUT2D eigenvalue weighted by molar-refractivity contribution is -0.123. The van der Waals surface area contributed by atoms with Crippen LogP contribution in [-0.4, -0.2) is 12.5 Å². The number of para-hydroxylation sites is 1. The number of rotatable bonds is 5. The molecular weight excluding hydrogens is 274 g/mol. The van der Waals surface area contributed by atoms with Crippen molar-refractivity contribution in [3.05, 3.63) is 65.2 Å². The highest BCUT2D eigenvalue weighted by Crippen LogP contribution is 2.30. The van der Waals surface area contributed by atoms with Gasteiger partial charge in [-0.1, -0.05) is 49.4 Å². The number of aryl methyl sites for hydroxylation is 2. The molecule has 0 aliphatic heterocycles. The van der Waals surface area contributed by atoms with Crippen molar-refractivity contribution in [2.45, 2.75) is 32.2 Å². The van der Waals surface area contributed by atoms with Crippen molar-refractivity contribution in [3.63, 3.8) is 0 Å². The molecule has 1 aliphatic rings. The smallest absolute Gasteiger partial charge is 0.258 e. The number of nitrogens with one attached hydrogen (secondary N) is 1. The summed E-state index contributed by atoms with van der Waals surface area (Å²) in [6.07, 6.45) is 2.89. The first kappa shape index (κ1) is 14.6. The molecule has 0 aromatic heterocycles. The van der Waals surface area contributed by atoms with E-state index in [0.717, 1.165) is 30.6 Å². The first-order valence-electron chi connectivity index (χ1n) is 7.85. The lowest BCUT2D eigenvalue weighted by Crippen LogP contribution is -2.31. The van der Waals surface area contributed by atoms with Crippen molar-refractivity contribution in [3.8, 4) is 5.75 Å². The third kappa shape index (κ3) is 3.14. The topological polar surface area (TPSA) is 38.3 Å². The van der Waals surface area contributed by atoms with E-state index in [1.807, 2.05) is 36.4 Å². The van der Waals surface area contributed by atoms with Crippen LogP contribution in [0.25, 0.3) is 0 Å². The number of fused-ring (bicyclic) bond motifs is 1. The van der Waals surface area contributed by atoms with Gasteiger partial charge >= 0.3 is 0 Å². The van der Waals surface area contributed by atoms with Crippen LogP contribution in [0.1, 0.15) is 36.1 Å². The van der Waals surface area contributed by atoms with E-state index in [1.54, 1.807) is 0 Å². The molecular formula is C19H21NO2. The molecule has 0 radical (unpaired) electrons. The van der Waals surface area contributed by atoms with Gasteiger partial charge in [-0.05, 0) is 42.0 Å². The summed E-state index contributed by atoms with van der Waals surface area (Å²) in [6.45, 7) is 2.15. The maximum atomic E-state index is 12.1. The Morgan fingerprint density at radius 2 is 1.95 bits per heavy atom. The van der Waals surface area contributed by atoms with Gasteiger partial charge in [0, 0.05) is 0 Å². The Balaban J connectivity index is 1.58. The van der Waals surface area contributed by atoms with Gasteiger partial charge in [-0.15, -0.1) is 0 Å². The van der Waals surface area contributed by atoms with Crippen LogP contribution in [0.2, 0.25) is 0 Å². The van der Waals surface area contributed by atoms with Crippen LogP contribution >= 0.6 is 0 Å². The number of amides is 1. The van der Waals surface area contributed by atoms with Crippen molar-refractivity contribution in [1.29, 1.82) is 0 Å². The lowest BCUT2D eigenvalue weighted by atomic mass is 10.1. The molecule has 0 heterocycles. The van der Waals surface area contributed by atoms with E-state index in [-0.39, 0.29) is 18.6 Å². The van der Waals surface area contributed by atoms with Crippen LogP contribution < -0.4 is 10.1 Å². The fourth-order valence-electron chi connectivity index (χ4n) is 3.02. The van der Waals surface area contributed by atoms with E-state index in [9.17, 15) is 4.79 Å². The zero-order valence-corrected chi connectivity index (χ0v) is 12.8. The molecule has 1 unspecified atom stereocenters. The Hall–Kier alpha value is -2.29. The molecule has 0 fully saturated rings. The Labute approximate surface area is 131 Å². The molecule has 0 spiro atoms. The fraction of sp³-hybridized carbons (Fsp3) is 0.316. The van der Waals surface area contributed by atoms with Crippen LogP contribution in [0, 0.1) is 0 Å². The number of ether oxygens (including phenoxy) is 1. The number of hydrogen-bond acceptors (Lipinski definition) is 2. The number of carbonyl (C=O) groups excluding carboxylic acids is 1. The minimum Gasteiger partial charge on any atom is -0.483 e. The van der Waals surface area contributed by atoms with Crippen molar-refractivity contribution >= 4 is 5.91 Å². The SMILES string of the molecule is CCc1ccccc1OCC(=O)NC1CCc2ccccc21. The summed E-state index contributed by atoms with van der Waals surface area (Å²) in [6, 6.07) is 16.3. The van der Waals surface area contributed by atoms with Crippen LogP contribution in [0.3, 0.4) is 0 Å². The van der Waals surface area contributed by atoms with Gasteiger partial charge in [-0.2, -0.15) is 0 Å². The van der Waals surface area contributed by atoms with E-state index < -0.39 is 0 Å². The number of carbonyl (C=O) groups is 1. The monoisotopic (exact) mass is 295 g/mol. The van der Waals surface area contributed by atoms with Crippen LogP contribution in [-0.2, 0) is 17.6 Å². The Morgan fingerprint density at radius 1 is 1.18 bits per heavy atom. The molecule has 1 amide bonds. The summed E-state index contributed by atoms with van der Waals surface area (Å²) in [5, 5.41) is 3.08. The predicted molar refractivity (Wildman–Crippen MR) is 87.0 cm³/mol. The van der Waals surface area contributed by atoms with Crippen molar-refractivity contribution in [2.75, 3.05) is 6.61 Å². The second-order valence-electron chi connectivity index (χ2n) is 5.61. The second kappa shape index (κ2) is 6.65. The summed E-state index contributed by atoms with van der Waals surface area (Å²) in [5.74, 6) is 0.736. The molecule has 0 bridgehead atoms. The zero-order valence-electron chi connectivity index (χ0n) is 12.8. The Morgan fingerprint density at radius 3 is 2.82 bits per heavy atom. The molecule has 3 rings (SSSR count). The molecule has 2 aromatic carbocycles. The third-order valence-corrected chi connectivity index (χ3v) is 4.18. The molecule has 3 heteroatoms. The minimum absolute atomic E-state index is 0.0624. The summed E-state index contributed by atoms with van der Waals surface area (Å²) in [4.78, 5) is 12.1. The average molecular weight is 295 g/mol. The molecule has 1 N–H and O–H groups in total. The normalized spacial score (nSPS) is 16.1. The van der Waals surface area contributed by atoms with Crippen LogP contribution in [0.15, 0.2) is 48.5 Å². The van der Waals surface area contributed by atoms with Gasteiger partial charge in [0.25, 0.3) is 5.91 Å². The average Bonchev–Trinajstić information content (AvgIpc) is 2.96. The van der Waals surface area contributed by atoms with E-state index in [1.165, 1.54) is 11.1 Å². The Kier molecular flexibility index (Phi) is 4.42. The van der Waals surface area contributed by atoms with Crippen molar-refractivity contribution < 1.29 is 9.53 Å². The molecule has 2 aromatic rings. The van der Waals surface area contributed by atoms with E-state index in [2.05, 4.69) is 24.4 Å². The lowest BCUT2D eigenvalue weighted by Gasteiger charge is -2.15. The van der Waals surface area contributed by atoms with Crippen molar-refractivity contribution in [2.24, 2.45) is 0 Å². The highest BCUT2D eigenvalue weighted by Gasteiger charge is 2.23. The quantitative estimate of drug-likeness (QED) is 0.917. The van der Waals surface area contributed by atoms with Crippen LogP contribution in [0.4, 0.5) is 0 Å². The molecule has 114 valence electrons. The summed E-state index contributed by atoms with van der Waals surface area (Å²) >= 11 is 0. The predicted octanol–water partition coefficient (Wildman–Crippen LogP) is 3.43. The van der Waals surface area contributed by atoms with Crippen LogP contribution in [0.5, 0.6) is 5.75 Å². The third-order valence-electron chi connectivity index (χ3n) is 4.18. The summed E-state index contributed by atoms with van der Waals surface area (Å²) in [5.41, 5.74) is 3.70. The molecule has 0 saturated carbocycles. The molecule has 1 atom stereocenters. The largest absolute Gasteiger partial charge is 0.483 e. The molecule has 22 heavy (non-hydrogen) atoms. The first-order valence-corrected chi connectivity index (χ1v) is 7.85. The van der Waals surface area contributed by atoms with E-state index in [0.29, 0.717) is 0 Å². The molecule has 0 saturated heterocycles.